The Bertz CT molecular complexity index is 892. The summed E-state index contributed by atoms with van der Waals surface area (Å²) in [7, 11) is 0. The van der Waals surface area contributed by atoms with Crippen molar-refractivity contribution < 1.29 is 14.3 Å². The van der Waals surface area contributed by atoms with Crippen molar-refractivity contribution in [3.63, 3.8) is 0 Å². The van der Waals surface area contributed by atoms with Crippen molar-refractivity contribution in [2.24, 2.45) is 0 Å². The van der Waals surface area contributed by atoms with Crippen molar-refractivity contribution in [1.82, 2.24) is 10.3 Å². The molecule has 0 unspecified atom stereocenters. The number of hydrogen-bond donors (Lipinski definition) is 2. The van der Waals surface area contributed by atoms with Gasteiger partial charge in [-0.2, -0.15) is 0 Å². The number of pyridine rings is 1. The van der Waals surface area contributed by atoms with E-state index in [0.29, 0.717) is 18.5 Å². The summed E-state index contributed by atoms with van der Waals surface area (Å²) in [5, 5.41) is 13.9. The first kappa shape index (κ1) is 15.9. The van der Waals surface area contributed by atoms with Crippen LogP contribution in [0.2, 0.25) is 0 Å². The Morgan fingerprint density at radius 3 is 2.58 bits per heavy atom. The van der Waals surface area contributed by atoms with E-state index in [1.54, 1.807) is 24.3 Å². The molecule has 4 nitrogen and oxygen atoms in total. The van der Waals surface area contributed by atoms with E-state index in [1.807, 2.05) is 19.1 Å². The van der Waals surface area contributed by atoms with E-state index in [-0.39, 0.29) is 23.0 Å². The van der Waals surface area contributed by atoms with Crippen molar-refractivity contribution in [2.45, 2.75) is 13.3 Å². The van der Waals surface area contributed by atoms with Crippen molar-refractivity contribution in [3.05, 3.63) is 71.2 Å². The number of nitrogens with zero attached hydrogens (tertiary/aromatic N) is 1. The van der Waals surface area contributed by atoms with Gasteiger partial charge in [0.1, 0.15) is 11.3 Å². The number of rotatable bonds is 4. The van der Waals surface area contributed by atoms with Crippen LogP contribution in [0.25, 0.3) is 10.9 Å². The smallest absolute Gasteiger partial charge is 0.255 e. The number of phenols is 1. The van der Waals surface area contributed by atoms with Gasteiger partial charge in [0.05, 0.1) is 5.56 Å². The summed E-state index contributed by atoms with van der Waals surface area (Å²) in [4.78, 5) is 16.6. The Hall–Kier alpha value is -2.95. The first-order valence-corrected chi connectivity index (χ1v) is 7.66. The fraction of sp³-hybridized carbons (Fsp3) is 0.158. The van der Waals surface area contributed by atoms with Gasteiger partial charge in [-0.3, -0.25) is 4.79 Å². The highest BCUT2D eigenvalue weighted by Gasteiger charge is 2.14. The Labute approximate surface area is 139 Å². The lowest BCUT2D eigenvalue weighted by molar-refractivity contribution is 0.0951. The van der Waals surface area contributed by atoms with Crippen LogP contribution in [0.1, 0.15) is 21.6 Å². The second-order valence-corrected chi connectivity index (χ2v) is 5.62. The summed E-state index contributed by atoms with van der Waals surface area (Å²) in [6.45, 7) is 2.22. The Morgan fingerprint density at radius 2 is 1.83 bits per heavy atom. The molecule has 1 aromatic heterocycles. The highest BCUT2D eigenvalue weighted by Crippen LogP contribution is 2.27. The number of benzene rings is 2. The molecule has 0 fully saturated rings. The van der Waals surface area contributed by atoms with Gasteiger partial charge in [0.25, 0.3) is 5.91 Å². The summed E-state index contributed by atoms with van der Waals surface area (Å²) < 4.78 is 12.9. The minimum Gasteiger partial charge on any atom is -0.505 e. The molecule has 0 aliphatic rings. The van der Waals surface area contributed by atoms with Crippen LogP contribution in [0, 0.1) is 12.7 Å². The molecule has 0 saturated carbocycles. The van der Waals surface area contributed by atoms with Crippen LogP contribution in [-0.4, -0.2) is 22.5 Å². The first-order chi connectivity index (χ1) is 11.5. The molecule has 0 aliphatic carbocycles. The number of carbonyl (C=O) groups is 1. The lowest BCUT2D eigenvalue weighted by Crippen LogP contribution is -2.25. The SMILES string of the molecule is Cc1ccc2ccc(C(=O)NCCc3ccc(F)cc3)c(O)c2n1. The number of carbonyl (C=O) groups excluding carboxylic acids is 1. The number of aryl methyl sites for hydroxylation is 1. The number of nitrogens with one attached hydrogen (secondary N) is 1. The van der Waals surface area contributed by atoms with Gasteiger partial charge in [-0.05, 0) is 43.2 Å². The van der Waals surface area contributed by atoms with Gasteiger partial charge in [0, 0.05) is 17.6 Å². The Balaban J connectivity index is 1.71. The molecule has 122 valence electrons. The summed E-state index contributed by atoms with van der Waals surface area (Å²) in [6.07, 6.45) is 0.581. The standard InChI is InChI=1S/C19H17FN2O2/c1-12-2-5-14-6-9-16(18(23)17(14)22-12)19(24)21-11-10-13-3-7-15(20)8-4-13/h2-9,23H,10-11H2,1H3,(H,21,24). The van der Waals surface area contributed by atoms with E-state index in [9.17, 15) is 14.3 Å². The average Bonchev–Trinajstić information content (AvgIpc) is 2.57. The van der Waals surface area contributed by atoms with Gasteiger partial charge >= 0.3 is 0 Å². The summed E-state index contributed by atoms with van der Waals surface area (Å²) in [5.74, 6) is -0.762. The lowest BCUT2D eigenvalue weighted by atomic mass is 10.1. The van der Waals surface area contributed by atoms with Crippen LogP contribution in [0.15, 0.2) is 48.5 Å². The highest BCUT2D eigenvalue weighted by atomic mass is 19.1. The maximum atomic E-state index is 12.9. The topological polar surface area (TPSA) is 62.2 Å². The Morgan fingerprint density at radius 1 is 1.12 bits per heavy atom. The maximum Gasteiger partial charge on any atom is 0.255 e. The molecular formula is C19H17FN2O2. The van der Waals surface area contributed by atoms with Crippen molar-refractivity contribution in [1.29, 1.82) is 0 Å². The molecule has 3 aromatic rings. The number of fused-ring (bicyclic) bond motifs is 1. The number of aromatic hydroxyl groups is 1. The monoisotopic (exact) mass is 324 g/mol. The largest absolute Gasteiger partial charge is 0.505 e. The molecule has 2 aromatic carbocycles. The quantitative estimate of drug-likeness (QED) is 0.773. The number of aromatic nitrogens is 1. The molecule has 0 bridgehead atoms. The van der Waals surface area contributed by atoms with Crippen LogP contribution < -0.4 is 5.32 Å². The number of halogens is 1. The van der Waals surface area contributed by atoms with Crippen LogP contribution >= 0.6 is 0 Å². The van der Waals surface area contributed by atoms with E-state index in [0.717, 1.165) is 16.6 Å². The van der Waals surface area contributed by atoms with Crippen LogP contribution in [0.5, 0.6) is 5.75 Å². The van der Waals surface area contributed by atoms with Gasteiger partial charge in [-0.15, -0.1) is 0 Å². The van der Waals surface area contributed by atoms with Crippen molar-refractivity contribution >= 4 is 16.8 Å². The molecule has 1 amide bonds. The maximum absolute atomic E-state index is 12.9. The summed E-state index contributed by atoms with van der Waals surface area (Å²) >= 11 is 0. The van der Waals surface area contributed by atoms with Crippen molar-refractivity contribution in [2.75, 3.05) is 6.54 Å². The van der Waals surface area contributed by atoms with Crippen LogP contribution in [0.4, 0.5) is 4.39 Å². The molecule has 0 aliphatic heterocycles. The highest BCUT2D eigenvalue weighted by molar-refractivity contribution is 6.02. The van der Waals surface area contributed by atoms with Gasteiger partial charge < -0.3 is 10.4 Å². The third-order valence-corrected chi connectivity index (χ3v) is 3.83. The molecular weight excluding hydrogens is 307 g/mol. The normalized spacial score (nSPS) is 10.8. The average molecular weight is 324 g/mol. The number of amides is 1. The van der Waals surface area contributed by atoms with E-state index >= 15 is 0 Å². The van der Waals surface area contributed by atoms with Gasteiger partial charge in [-0.25, -0.2) is 9.37 Å². The zero-order valence-corrected chi connectivity index (χ0v) is 13.2. The fourth-order valence-corrected chi connectivity index (χ4v) is 2.52. The minimum atomic E-state index is -0.361. The fourth-order valence-electron chi connectivity index (χ4n) is 2.52. The molecule has 0 spiro atoms. The van der Waals surface area contributed by atoms with E-state index in [4.69, 9.17) is 0 Å². The summed E-state index contributed by atoms with van der Waals surface area (Å²) in [5.41, 5.74) is 2.31. The Kier molecular flexibility index (Phi) is 4.42. The predicted octanol–water partition coefficient (Wildman–Crippen LogP) is 3.36. The van der Waals surface area contributed by atoms with Gasteiger partial charge in [0.15, 0.2) is 5.75 Å². The number of hydrogen-bond acceptors (Lipinski definition) is 3. The third kappa shape index (κ3) is 3.35. The van der Waals surface area contributed by atoms with Crippen LogP contribution in [-0.2, 0) is 6.42 Å². The first-order valence-electron chi connectivity index (χ1n) is 7.66. The molecule has 24 heavy (non-hydrogen) atoms. The van der Waals surface area contributed by atoms with E-state index in [1.165, 1.54) is 12.1 Å². The van der Waals surface area contributed by atoms with Crippen LogP contribution in [0.3, 0.4) is 0 Å². The molecule has 5 heteroatoms. The predicted molar refractivity (Wildman–Crippen MR) is 90.6 cm³/mol. The molecule has 2 N–H and O–H groups in total. The summed E-state index contributed by atoms with van der Waals surface area (Å²) in [6, 6.07) is 13.2. The molecule has 0 atom stereocenters. The van der Waals surface area contributed by atoms with E-state index < -0.39 is 0 Å². The van der Waals surface area contributed by atoms with Crippen molar-refractivity contribution in [3.8, 4) is 5.75 Å². The van der Waals surface area contributed by atoms with Gasteiger partial charge in [-0.1, -0.05) is 24.3 Å². The minimum absolute atomic E-state index is 0.115. The molecule has 3 rings (SSSR count). The third-order valence-electron chi connectivity index (χ3n) is 3.83. The molecule has 0 saturated heterocycles. The molecule has 1 heterocycles. The zero-order valence-electron chi connectivity index (χ0n) is 13.2. The van der Waals surface area contributed by atoms with E-state index in [2.05, 4.69) is 10.3 Å². The lowest BCUT2D eigenvalue weighted by Gasteiger charge is -2.09. The zero-order chi connectivity index (χ0) is 17.1. The second kappa shape index (κ2) is 6.66. The van der Waals surface area contributed by atoms with Gasteiger partial charge in [0.2, 0.25) is 0 Å². The second-order valence-electron chi connectivity index (χ2n) is 5.62. The molecule has 0 radical (unpaired) electrons. The number of phenolic OH excluding ortho intramolecular Hbond substituents is 1.